The summed E-state index contributed by atoms with van der Waals surface area (Å²) in [5.41, 5.74) is 4.86. The monoisotopic (exact) mass is 451 g/mol. The van der Waals surface area contributed by atoms with E-state index in [9.17, 15) is 4.21 Å². The average molecular weight is 452 g/mol. The highest BCUT2D eigenvalue weighted by molar-refractivity contribution is 9.10. The molecule has 0 saturated carbocycles. The summed E-state index contributed by atoms with van der Waals surface area (Å²) in [5.74, 6) is 0.787. The maximum Gasteiger partial charge on any atom is 0.131 e. The molecular formula is C22H18BrN3OS. The van der Waals surface area contributed by atoms with E-state index in [0.29, 0.717) is 0 Å². The molecule has 0 aliphatic rings. The Bertz CT molecular complexity index is 1200. The second-order valence-electron chi connectivity index (χ2n) is 6.18. The molecule has 0 aliphatic heterocycles. The van der Waals surface area contributed by atoms with Crippen LogP contribution in [0.4, 0.5) is 0 Å². The number of nitrogens with zero attached hydrogens (tertiary/aromatic N) is 1. The molecule has 6 heteroatoms. The van der Waals surface area contributed by atoms with Crippen LogP contribution in [0.2, 0.25) is 0 Å². The largest absolute Gasteiger partial charge is 0.338 e. The van der Waals surface area contributed by atoms with Crippen molar-refractivity contribution in [2.24, 2.45) is 0 Å². The number of aromatic amines is 1. The summed E-state index contributed by atoms with van der Waals surface area (Å²) >= 11 is 3.55. The van der Waals surface area contributed by atoms with Gasteiger partial charge in [0.25, 0.3) is 0 Å². The molecule has 140 valence electrons. The van der Waals surface area contributed by atoms with E-state index in [4.69, 9.17) is 0 Å². The van der Waals surface area contributed by atoms with Gasteiger partial charge in [-0.3, -0.25) is 0 Å². The van der Waals surface area contributed by atoms with Crippen molar-refractivity contribution in [3.63, 3.8) is 0 Å². The highest BCUT2D eigenvalue weighted by atomic mass is 79.9. The van der Waals surface area contributed by atoms with Crippen molar-refractivity contribution in [3.05, 3.63) is 82.6 Å². The summed E-state index contributed by atoms with van der Waals surface area (Å²) in [6.45, 7) is 0. The molecule has 0 fully saturated rings. The molecule has 0 bridgehead atoms. The molecule has 0 amide bonds. The van der Waals surface area contributed by atoms with Crippen LogP contribution >= 0.6 is 15.9 Å². The predicted molar refractivity (Wildman–Crippen MR) is 120 cm³/mol. The lowest BCUT2D eigenvalue weighted by molar-refractivity contribution is 0.678. The van der Waals surface area contributed by atoms with Gasteiger partial charge in [-0.25, -0.2) is 13.9 Å². The zero-order valence-electron chi connectivity index (χ0n) is 15.1. The van der Waals surface area contributed by atoms with Gasteiger partial charge < -0.3 is 4.98 Å². The molecule has 0 aliphatic carbocycles. The quantitative estimate of drug-likeness (QED) is 0.426. The highest BCUT2D eigenvalue weighted by Crippen LogP contribution is 2.28. The Morgan fingerprint density at radius 2 is 1.82 bits per heavy atom. The van der Waals surface area contributed by atoms with Crippen LogP contribution in [0.3, 0.4) is 0 Å². The second kappa shape index (κ2) is 8.22. The molecule has 4 aromatic rings. The lowest BCUT2D eigenvalue weighted by atomic mass is 10.1. The summed E-state index contributed by atoms with van der Waals surface area (Å²) < 4.78 is 16.1. The number of H-pyrrole nitrogens is 1. The molecular weight excluding hydrogens is 434 g/mol. The summed E-state index contributed by atoms with van der Waals surface area (Å²) in [7, 11) is 0.440. The van der Waals surface area contributed by atoms with Crippen LogP contribution in [-0.4, -0.2) is 21.2 Å². The summed E-state index contributed by atoms with van der Waals surface area (Å²) in [6, 6.07) is 21.8. The van der Waals surface area contributed by atoms with E-state index in [1.807, 2.05) is 78.9 Å². The number of imidazole rings is 1. The maximum atomic E-state index is 12.3. The zero-order chi connectivity index (χ0) is 19.5. The first-order valence-corrected chi connectivity index (χ1v) is 10.7. The first-order chi connectivity index (χ1) is 13.7. The van der Waals surface area contributed by atoms with Gasteiger partial charge in [0, 0.05) is 4.47 Å². The van der Waals surface area contributed by atoms with E-state index >= 15 is 0 Å². The normalized spacial score (nSPS) is 12.6. The van der Waals surface area contributed by atoms with Crippen LogP contribution in [0.1, 0.15) is 11.4 Å². The van der Waals surface area contributed by atoms with E-state index in [1.165, 1.54) is 0 Å². The van der Waals surface area contributed by atoms with Gasteiger partial charge in [-0.1, -0.05) is 64.5 Å². The SMILES string of the molecule is CNS(=O)c1ccccc1-c1ccc2nc(/C=C/c3ccccc3Br)[nH]c2c1. The van der Waals surface area contributed by atoms with Gasteiger partial charge in [0.15, 0.2) is 0 Å². The molecule has 3 aromatic carbocycles. The molecule has 4 nitrogen and oxygen atoms in total. The van der Waals surface area contributed by atoms with Crippen LogP contribution in [0.25, 0.3) is 34.3 Å². The van der Waals surface area contributed by atoms with Crippen molar-refractivity contribution >= 4 is 50.1 Å². The van der Waals surface area contributed by atoms with Crippen molar-refractivity contribution in [1.29, 1.82) is 0 Å². The number of hydrogen-bond acceptors (Lipinski definition) is 2. The summed E-state index contributed by atoms with van der Waals surface area (Å²) in [4.78, 5) is 8.75. The molecule has 4 rings (SSSR count). The van der Waals surface area contributed by atoms with E-state index in [0.717, 1.165) is 42.9 Å². The second-order valence-corrected chi connectivity index (χ2v) is 8.42. The number of aromatic nitrogens is 2. The first kappa shape index (κ1) is 18.8. The summed E-state index contributed by atoms with van der Waals surface area (Å²) in [5, 5.41) is 0. The number of nitrogens with one attached hydrogen (secondary N) is 2. The number of fused-ring (bicyclic) bond motifs is 1. The molecule has 1 atom stereocenters. The van der Waals surface area contributed by atoms with Crippen LogP contribution in [0, 0.1) is 0 Å². The van der Waals surface area contributed by atoms with E-state index in [2.05, 4.69) is 30.6 Å². The molecule has 1 aromatic heterocycles. The minimum absolute atomic E-state index is 0.762. The molecule has 1 unspecified atom stereocenters. The number of benzene rings is 3. The number of rotatable bonds is 5. The van der Waals surface area contributed by atoms with Crippen molar-refractivity contribution in [1.82, 2.24) is 14.7 Å². The Labute approximate surface area is 174 Å². The van der Waals surface area contributed by atoms with E-state index < -0.39 is 11.0 Å². The molecule has 2 N–H and O–H groups in total. The van der Waals surface area contributed by atoms with Crippen LogP contribution in [-0.2, 0) is 11.0 Å². The molecule has 0 saturated heterocycles. The lowest BCUT2D eigenvalue weighted by Gasteiger charge is -2.08. The lowest BCUT2D eigenvalue weighted by Crippen LogP contribution is -2.11. The topological polar surface area (TPSA) is 57.8 Å². The average Bonchev–Trinajstić information content (AvgIpc) is 3.14. The van der Waals surface area contributed by atoms with Crippen molar-refractivity contribution in [3.8, 4) is 11.1 Å². The standard InChI is InChI=1S/C22H18BrN3OS/c1-24-28(27)21-9-5-3-7-17(21)16-10-12-19-20(14-16)26-22(25-19)13-11-15-6-2-4-8-18(15)23/h2-14,24H,1H3,(H,25,26)/b13-11+. The van der Waals surface area contributed by atoms with Gasteiger partial charge in [-0.15, -0.1) is 0 Å². The van der Waals surface area contributed by atoms with Gasteiger partial charge in [-0.05, 0) is 54.1 Å². The van der Waals surface area contributed by atoms with Gasteiger partial charge in [-0.2, -0.15) is 0 Å². The zero-order valence-corrected chi connectivity index (χ0v) is 17.5. The minimum Gasteiger partial charge on any atom is -0.338 e. The fourth-order valence-corrected chi connectivity index (χ4v) is 4.26. The molecule has 0 radical (unpaired) electrons. The van der Waals surface area contributed by atoms with Crippen molar-refractivity contribution < 1.29 is 4.21 Å². The Morgan fingerprint density at radius 1 is 1.04 bits per heavy atom. The number of halogens is 1. The molecule has 28 heavy (non-hydrogen) atoms. The Hall–Kier alpha value is -2.54. The predicted octanol–water partition coefficient (Wildman–Crippen LogP) is 5.40. The Morgan fingerprint density at radius 3 is 2.64 bits per heavy atom. The third-order valence-corrected chi connectivity index (χ3v) is 6.26. The Balaban J connectivity index is 1.70. The highest BCUT2D eigenvalue weighted by Gasteiger charge is 2.11. The first-order valence-electron chi connectivity index (χ1n) is 8.76. The van der Waals surface area contributed by atoms with Crippen LogP contribution in [0.5, 0.6) is 0 Å². The number of hydrogen-bond donors (Lipinski definition) is 2. The third-order valence-electron chi connectivity index (χ3n) is 4.41. The third kappa shape index (κ3) is 3.85. The summed E-state index contributed by atoms with van der Waals surface area (Å²) in [6.07, 6.45) is 3.98. The van der Waals surface area contributed by atoms with Crippen LogP contribution in [0.15, 0.2) is 76.1 Å². The van der Waals surface area contributed by atoms with E-state index in [1.54, 1.807) is 7.05 Å². The Kier molecular flexibility index (Phi) is 5.52. The fourth-order valence-electron chi connectivity index (χ4n) is 3.03. The molecule has 1 heterocycles. The van der Waals surface area contributed by atoms with Crippen molar-refractivity contribution in [2.45, 2.75) is 4.90 Å². The fraction of sp³-hybridized carbons (Fsp3) is 0.0455. The smallest absolute Gasteiger partial charge is 0.131 e. The minimum atomic E-state index is -1.25. The van der Waals surface area contributed by atoms with Crippen LogP contribution < -0.4 is 4.72 Å². The van der Waals surface area contributed by atoms with Crippen molar-refractivity contribution in [2.75, 3.05) is 7.05 Å². The van der Waals surface area contributed by atoms with Gasteiger partial charge in [0.05, 0.1) is 15.9 Å². The van der Waals surface area contributed by atoms with Gasteiger partial charge in [0.1, 0.15) is 16.8 Å². The van der Waals surface area contributed by atoms with Gasteiger partial charge >= 0.3 is 0 Å². The molecule has 0 spiro atoms. The maximum absolute atomic E-state index is 12.3. The van der Waals surface area contributed by atoms with Gasteiger partial charge in [0.2, 0.25) is 0 Å². The van der Waals surface area contributed by atoms with E-state index in [-0.39, 0.29) is 0 Å².